The van der Waals surface area contributed by atoms with Crippen LogP contribution in [0.15, 0.2) is 35.1 Å². The fourth-order valence-corrected chi connectivity index (χ4v) is 0.892. The minimum absolute atomic E-state index is 0.117. The van der Waals surface area contributed by atoms with Crippen LogP contribution in [0.5, 0.6) is 5.88 Å². The Kier molecular flexibility index (Phi) is 14.4. The maximum atomic E-state index is 12.1. The van der Waals surface area contributed by atoms with Gasteiger partial charge >= 0.3 is 0 Å². The summed E-state index contributed by atoms with van der Waals surface area (Å²) in [5.41, 5.74) is 5.64. The van der Waals surface area contributed by atoms with E-state index in [9.17, 15) is 4.39 Å². The fourth-order valence-electron chi connectivity index (χ4n) is 0.759. The van der Waals surface area contributed by atoms with Crippen LogP contribution in [0.3, 0.4) is 0 Å². The molecule has 0 fully saturated rings. The van der Waals surface area contributed by atoms with Crippen molar-refractivity contribution in [2.45, 2.75) is 18.7 Å². The number of thiol groups is 1. The maximum absolute atomic E-state index is 12.1. The maximum Gasteiger partial charge on any atom is 0.213 e. The zero-order valence-electron chi connectivity index (χ0n) is 10.6. The Bertz CT molecular complexity index is 331. The Labute approximate surface area is 112 Å². The first-order valence-electron chi connectivity index (χ1n) is 5.31. The molecule has 0 spiro atoms. The van der Waals surface area contributed by atoms with Gasteiger partial charge in [-0.2, -0.15) is 0 Å². The molecule has 0 radical (unpaired) electrons. The number of pyridine rings is 1. The molecule has 1 aromatic rings. The van der Waals surface area contributed by atoms with E-state index in [4.69, 9.17) is 15.3 Å². The van der Waals surface area contributed by atoms with Crippen molar-refractivity contribution in [1.82, 2.24) is 4.98 Å². The molecule has 6 heteroatoms. The average molecular weight is 274 g/mol. The van der Waals surface area contributed by atoms with E-state index in [-0.39, 0.29) is 13.2 Å². The minimum atomic E-state index is 0.117. The highest BCUT2D eigenvalue weighted by Gasteiger charge is 1.98. The van der Waals surface area contributed by atoms with Gasteiger partial charge in [-0.05, 0) is 6.07 Å². The topological polar surface area (TPSA) is 65.2 Å². The van der Waals surface area contributed by atoms with Crippen LogP contribution in [0.1, 0.15) is 13.8 Å². The van der Waals surface area contributed by atoms with Gasteiger partial charge in [0, 0.05) is 29.3 Å². The molecule has 1 rings (SSSR count). The Hall–Kier alpha value is -1.40. The average Bonchev–Trinajstić information content (AvgIpc) is 2.46. The van der Waals surface area contributed by atoms with Crippen LogP contribution in [0.4, 0.5) is 4.39 Å². The molecule has 0 aliphatic rings. The third kappa shape index (κ3) is 8.72. The van der Waals surface area contributed by atoms with Gasteiger partial charge in [0.25, 0.3) is 0 Å². The lowest BCUT2D eigenvalue weighted by atomic mass is 10.3. The zero-order chi connectivity index (χ0) is 14.4. The molecule has 0 saturated heterocycles. The summed E-state index contributed by atoms with van der Waals surface area (Å²) in [6.07, 6.45) is 2.01. The Morgan fingerprint density at radius 2 is 2.17 bits per heavy atom. The van der Waals surface area contributed by atoms with Crippen LogP contribution in [0.2, 0.25) is 0 Å². The summed E-state index contributed by atoms with van der Waals surface area (Å²) in [4.78, 5) is 12.7. The number of nitrogens with two attached hydrogens (primary N) is 1. The third-order valence-electron chi connectivity index (χ3n) is 1.54. The van der Waals surface area contributed by atoms with Crippen molar-refractivity contribution < 1.29 is 13.9 Å². The van der Waals surface area contributed by atoms with E-state index in [1.807, 2.05) is 20.6 Å². The number of hydrogen-bond acceptors (Lipinski definition) is 5. The number of halogens is 1. The second kappa shape index (κ2) is 13.7. The molecule has 2 N–H and O–H groups in total. The molecule has 4 nitrogen and oxygen atoms in total. The van der Waals surface area contributed by atoms with Crippen LogP contribution >= 0.6 is 12.6 Å². The Morgan fingerprint density at radius 3 is 2.56 bits per heavy atom. The predicted octanol–water partition coefficient (Wildman–Crippen LogP) is 2.40. The SMILES string of the molecule is C=O.CC.NC/C(=C\F)COc1ccc(S)cn1. The van der Waals surface area contributed by atoms with E-state index >= 15 is 0 Å². The van der Waals surface area contributed by atoms with Gasteiger partial charge in [-0.1, -0.05) is 13.8 Å². The van der Waals surface area contributed by atoms with Crippen LogP contribution < -0.4 is 10.5 Å². The highest BCUT2D eigenvalue weighted by atomic mass is 32.1. The Morgan fingerprint density at radius 1 is 1.56 bits per heavy atom. The van der Waals surface area contributed by atoms with E-state index in [1.165, 1.54) is 0 Å². The normalized spacial score (nSPS) is 9.50. The molecule has 0 unspecified atom stereocenters. The molecule has 0 aliphatic carbocycles. The van der Waals surface area contributed by atoms with Crippen molar-refractivity contribution in [2.75, 3.05) is 13.2 Å². The molecule has 0 atom stereocenters. The second-order valence-corrected chi connectivity index (χ2v) is 3.13. The predicted molar refractivity (Wildman–Crippen MR) is 73.7 cm³/mol. The molecule has 0 aliphatic heterocycles. The summed E-state index contributed by atoms with van der Waals surface area (Å²) in [6.45, 7) is 6.26. The standard InChI is InChI=1S/C9H11FN2OS.C2H6.CH2O/c10-3-7(4-11)6-13-9-2-1-8(14)5-12-9;2*1-2/h1-3,5,14H,4,6,11H2;1-2H3;1H2/b7-3+;;. The summed E-state index contributed by atoms with van der Waals surface area (Å²) in [5.74, 6) is 0.426. The summed E-state index contributed by atoms with van der Waals surface area (Å²) in [6, 6.07) is 3.40. The second-order valence-electron chi connectivity index (χ2n) is 2.61. The van der Waals surface area contributed by atoms with Gasteiger partial charge < -0.3 is 15.3 Å². The summed E-state index contributed by atoms with van der Waals surface area (Å²) < 4.78 is 17.2. The molecule has 1 heterocycles. The Balaban J connectivity index is 0. The number of carbonyl (C=O) groups is 1. The molecule has 0 saturated carbocycles. The van der Waals surface area contributed by atoms with Gasteiger partial charge in [0.05, 0.1) is 6.33 Å². The number of nitrogens with zero attached hydrogens (tertiary/aromatic N) is 1. The summed E-state index contributed by atoms with van der Waals surface area (Å²) in [5, 5.41) is 0. The zero-order valence-corrected chi connectivity index (χ0v) is 11.5. The number of hydrogen-bond donors (Lipinski definition) is 2. The quantitative estimate of drug-likeness (QED) is 0.827. The van der Waals surface area contributed by atoms with Crippen molar-refractivity contribution in [2.24, 2.45) is 5.73 Å². The molecule has 0 amide bonds. The molecule has 18 heavy (non-hydrogen) atoms. The molecule has 1 aromatic heterocycles. The van der Waals surface area contributed by atoms with Crippen LogP contribution in [0, 0.1) is 0 Å². The van der Waals surface area contributed by atoms with Crippen molar-refractivity contribution in [3.05, 3.63) is 30.2 Å². The molecule has 0 aromatic carbocycles. The molecular formula is C12H19FN2O2S. The van der Waals surface area contributed by atoms with Crippen molar-refractivity contribution in [1.29, 1.82) is 0 Å². The number of ether oxygens (including phenoxy) is 1. The minimum Gasteiger partial charge on any atom is -0.473 e. The fraction of sp³-hybridized carbons (Fsp3) is 0.333. The van der Waals surface area contributed by atoms with E-state index in [2.05, 4.69) is 17.6 Å². The van der Waals surface area contributed by atoms with Crippen LogP contribution in [-0.4, -0.2) is 24.9 Å². The van der Waals surface area contributed by atoms with Crippen molar-refractivity contribution >= 4 is 19.4 Å². The van der Waals surface area contributed by atoms with E-state index < -0.39 is 0 Å². The third-order valence-corrected chi connectivity index (χ3v) is 1.81. The number of carbonyl (C=O) groups excluding carboxylic acids is 1. The molecule has 102 valence electrons. The molecular weight excluding hydrogens is 255 g/mol. The largest absolute Gasteiger partial charge is 0.473 e. The first-order valence-corrected chi connectivity index (χ1v) is 5.76. The monoisotopic (exact) mass is 274 g/mol. The first kappa shape index (κ1) is 19.0. The van der Waals surface area contributed by atoms with Gasteiger partial charge in [-0.25, -0.2) is 9.37 Å². The van der Waals surface area contributed by atoms with E-state index in [0.29, 0.717) is 17.8 Å². The van der Waals surface area contributed by atoms with E-state index in [1.54, 1.807) is 18.3 Å². The highest BCUT2D eigenvalue weighted by molar-refractivity contribution is 7.80. The first-order chi connectivity index (χ1) is 8.76. The van der Waals surface area contributed by atoms with E-state index in [0.717, 1.165) is 4.90 Å². The van der Waals surface area contributed by atoms with Crippen LogP contribution in [-0.2, 0) is 4.79 Å². The number of rotatable bonds is 4. The van der Waals surface area contributed by atoms with Crippen molar-refractivity contribution in [3.8, 4) is 5.88 Å². The smallest absolute Gasteiger partial charge is 0.213 e. The van der Waals surface area contributed by atoms with Crippen LogP contribution in [0.25, 0.3) is 0 Å². The van der Waals surface area contributed by atoms with Gasteiger partial charge in [-0.15, -0.1) is 12.6 Å². The van der Waals surface area contributed by atoms with Gasteiger partial charge in [0.1, 0.15) is 13.4 Å². The number of aromatic nitrogens is 1. The van der Waals surface area contributed by atoms with Gasteiger partial charge in [-0.3, -0.25) is 0 Å². The summed E-state index contributed by atoms with van der Waals surface area (Å²) >= 11 is 4.07. The highest BCUT2D eigenvalue weighted by Crippen LogP contribution is 2.10. The summed E-state index contributed by atoms with van der Waals surface area (Å²) in [7, 11) is 0. The lowest BCUT2D eigenvalue weighted by molar-refractivity contribution is -0.0979. The van der Waals surface area contributed by atoms with Gasteiger partial charge in [0.15, 0.2) is 0 Å². The lowest BCUT2D eigenvalue weighted by Gasteiger charge is -2.05. The lowest BCUT2D eigenvalue weighted by Crippen LogP contribution is -2.11. The van der Waals surface area contributed by atoms with Crippen molar-refractivity contribution in [3.63, 3.8) is 0 Å². The van der Waals surface area contributed by atoms with Gasteiger partial charge in [0.2, 0.25) is 5.88 Å². The molecule has 0 bridgehead atoms.